The van der Waals surface area contributed by atoms with E-state index in [-0.39, 0.29) is 18.3 Å². The Kier molecular flexibility index (Phi) is 5.25. The first-order valence-corrected chi connectivity index (χ1v) is 5.93. The van der Waals surface area contributed by atoms with Crippen LogP contribution in [0, 0.1) is 13.8 Å². The Hall–Kier alpha value is -1.21. The van der Waals surface area contributed by atoms with Gasteiger partial charge in [-0.2, -0.15) is 13.2 Å². The van der Waals surface area contributed by atoms with Crippen LogP contribution in [0.4, 0.5) is 13.2 Å². The number of nitrogens with two attached hydrogens (primary N) is 1. The van der Waals surface area contributed by atoms with Gasteiger partial charge in [0, 0.05) is 11.4 Å². The van der Waals surface area contributed by atoms with Gasteiger partial charge in [-0.05, 0) is 31.9 Å². The van der Waals surface area contributed by atoms with Gasteiger partial charge in [-0.1, -0.05) is 6.92 Å². The van der Waals surface area contributed by atoms with Crippen molar-refractivity contribution < 1.29 is 17.9 Å². The molecule has 0 aliphatic rings. The summed E-state index contributed by atoms with van der Waals surface area (Å²) in [7, 11) is 0. The van der Waals surface area contributed by atoms with Crippen molar-refractivity contribution in [2.75, 3.05) is 13.2 Å². The molecule has 1 aromatic rings. The van der Waals surface area contributed by atoms with E-state index in [0.29, 0.717) is 6.54 Å². The lowest BCUT2D eigenvalue weighted by Gasteiger charge is -2.15. The van der Waals surface area contributed by atoms with Crippen molar-refractivity contribution >= 4 is 0 Å². The Bertz CT molecular complexity index is 412. The van der Waals surface area contributed by atoms with Crippen molar-refractivity contribution in [1.82, 2.24) is 9.97 Å². The van der Waals surface area contributed by atoms with Crippen LogP contribution >= 0.6 is 0 Å². The average molecular weight is 277 g/mol. The number of hydrogen-bond acceptors (Lipinski definition) is 4. The normalized spacial score (nSPS) is 13.6. The Morgan fingerprint density at radius 3 is 2.16 bits per heavy atom. The summed E-state index contributed by atoms with van der Waals surface area (Å²) >= 11 is 0. The number of alkyl halides is 3. The molecule has 1 aromatic heterocycles. The fraction of sp³-hybridized carbons (Fsp3) is 0.667. The Balaban J connectivity index is 2.78. The number of aryl methyl sites for hydroxylation is 2. The van der Waals surface area contributed by atoms with Gasteiger partial charge in [0.25, 0.3) is 0 Å². The van der Waals surface area contributed by atoms with Crippen LogP contribution in [-0.2, 0) is 11.3 Å². The molecular formula is C12H18F3N3O. The minimum Gasteiger partial charge on any atom is -0.364 e. The second kappa shape index (κ2) is 6.29. The van der Waals surface area contributed by atoms with E-state index in [1.165, 1.54) is 0 Å². The summed E-state index contributed by atoms with van der Waals surface area (Å²) in [5.41, 5.74) is 8.01. The van der Waals surface area contributed by atoms with Gasteiger partial charge < -0.3 is 10.5 Å². The zero-order valence-corrected chi connectivity index (χ0v) is 11.2. The summed E-state index contributed by atoms with van der Waals surface area (Å²) in [6.07, 6.45) is -4.34. The van der Waals surface area contributed by atoms with E-state index in [0.717, 1.165) is 17.0 Å². The van der Waals surface area contributed by atoms with Crippen LogP contribution in [0.5, 0.6) is 0 Å². The quantitative estimate of drug-likeness (QED) is 0.896. The number of aromatic nitrogens is 2. The molecule has 1 unspecified atom stereocenters. The number of ether oxygens (including phenoxy) is 1. The third-order valence-corrected chi connectivity index (χ3v) is 2.72. The summed E-state index contributed by atoms with van der Waals surface area (Å²) in [6, 6.07) is 0. The maximum absolute atomic E-state index is 12.0. The molecule has 0 aromatic carbocycles. The Morgan fingerprint density at radius 1 is 1.21 bits per heavy atom. The van der Waals surface area contributed by atoms with E-state index >= 15 is 0 Å². The molecule has 0 saturated heterocycles. The van der Waals surface area contributed by atoms with Crippen molar-refractivity contribution in [3.8, 4) is 0 Å². The highest BCUT2D eigenvalue weighted by molar-refractivity contribution is 5.28. The summed E-state index contributed by atoms with van der Waals surface area (Å²) in [4.78, 5) is 8.33. The van der Waals surface area contributed by atoms with E-state index in [1.807, 2.05) is 6.92 Å². The van der Waals surface area contributed by atoms with Crippen LogP contribution in [0.2, 0.25) is 0 Å². The van der Waals surface area contributed by atoms with Crippen molar-refractivity contribution in [2.24, 2.45) is 5.73 Å². The highest BCUT2D eigenvalue weighted by Crippen LogP contribution is 2.21. The van der Waals surface area contributed by atoms with Crippen molar-refractivity contribution in [3.05, 3.63) is 22.8 Å². The summed E-state index contributed by atoms with van der Waals surface area (Å²) in [6.45, 7) is 4.47. The van der Waals surface area contributed by atoms with E-state index in [4.69, 9.17) is 5.73 Å². The molecule has 0 bridgehead atoms. The zero-order chi connectivity index (χ0) is 14.6. The van der Waals surface area contributed by atoms with Crippen LogP contribution < -0.4 is 5.73 Å². The molecule has 0 amide bonds. The third-order valence-electron chi connectivity index (χ3n) is 2.72. The number of hydrogen-bond donors (Lipinski definition) is 1. The monoisotopic (exact) mass is 277 g/mol. The molecule has 2 N–H and O–H groups in total. The molecular weight excluding hydrogens is 259 g/mol. The molecule has 0 saturated carbocycles. The molecule has 0 aliphatic carbocycles. The molecule has 0 fully saturated rings. The maximum atomic E-state index is 12.0. The van der Waals surface area contributed by atoms with Crippen LogP contribution in [0.25, 0.3) is 0 Å². The predicted octanol–water partition coefficient (Wildman–Crippen LogP) is 2.23. The second-order valence-corrected chi connectivity index (χ2v) is 4.47. The second-order valence-electron chi connectivity index (χ2n) is 4.47. The first-order chi connectivity index (χ1) is 8.74. The van der Waals surface area contributed by atoms with Crippen LogP contribution in [0.1, 0.15) is 35.6 Å². The fourth-order valence-electron chi connectivity index (χ4n) is 1.95. The Morgan fingerprint density at radius 2 is 1.74 bits per heavy atom. The van der Waals surface area contributed by atoms with E-state index in [2.05, 4.69) is 14.7 Å². The highest BCUT2D eigenvalue weighted by Gasteiger charge is 2.27. The molecule has 108 valence electrons. The van der Waals surface area contributed by atoms with Gasteiger partial charge >= 0.3 is 6.18 Å². The minimum absolute atomic E-state index is 0.116. The van der Waals surface area contributed by atoms with Gasteiger partial charge in [-0.15, -0.1) is 0 Å². The molecule has 1 atom stereocenters. The standard InChI is InChI=1S/C12H18F3N3O/c1-7(4-16)11-8(2)17-10(18-9(11)3)5-19-6-12(13,14)15/h7H,4-6,16H2,1-3H3. The SMILES string of the molecule is Cc1nc(COCC(F)(F)F)nc(C)c1C(C)CN. The third kappa shape index (κ3) is 4.76. The van der Waals surface area contributed by atoms with Crippen LogP contribution in [-0.4, -0.2) is 29.3 Å². The van der Waals surface area contributed by atoms with Gasteiger partial charge in [0.05, 0.1) is 0 Å². The van der Waals surface area contributed by atoms with Gasteiger partial charge in [0.1, 0.15) is 13.2 Å². The number of rotatable bonds is 5. The number of halogens is 3. The summed E-state index contributed by atoms with van der Waals surface area (Å²) in [5, 5.41) is 0. The largest absolute Gasteiger partial charge is 0.411 e. The smallest absolute Gasteiger partial charge is 0.364 e. The molecule has 0 aliphatic heterocycles. The lowest BCUT2D eigenvalue weighted by Crippen LogP contribution is -2.18. The molecule has 19 heavy (non-hydrogen) atoms. The minimum atomic E-state index is -4.34. The van der Waals surface area contributed by atoms with Gasteiger partial charge in [0.15, 0.2) is 5.82 Å². The highest BCUT2D eigenvalue weighted by atomic mass is 19.4. The van der Waals surface area contributed by atoms with E-state index in [1.54, 1.807) is 13.8 Å². The molecule has 0 radical (unpaired) electrons. The maximum Gasteiger partial charge on any atom is 0.411 e. The topological polar surface area (TPSA) is 61.0 Å². The Labute approximate surface area is 110 Å². The van der Waals surface area contributed by atoms with Crippen molar-refractivity contribution in [2.45, 2.75) is 39.5 Å². The van der Waals surface area contributed by atoms with Crippen molar-refractivity contribution in [3.63, 3.8) is 0 Å². The lowest BCUT2D eigenvalue weighted by molar-refractivity contribution is -0.177. The summed E-state index contributed by atoms with van der Waals surface area (Å²) < 4.78 is 40.4. The molecule has 7 heteroatoms. The molecule has 1 heterocycles. The molecule has 1 rings (SSSR count). The van der Waals surface area contributed by atoms with Crippen LogP contribution in [0.3, 0.4) is 0 Å². The zero-order valence-electron chi connectivity index (χ0n) is 11.2. The molecule has 0 spiro atoms. The van der Waals surface area contributed by atoms with E-state index in [9.17, 15) is 13.2 Å². The lowest BCUT2D eigenvalue weighted by atomic mass is 9.98. The fourth-order valence-corrected chi connectivity index (χ4v) is 1.95. The molecule has 4 nitrogen and oxygen atoms in total. The average Bonchev–Trinajstić information content (AvgIpc) is 2.26. The van der Waals surface area contributed by atoms with Crippen LogP contribution in [0.15, 0.2) is 0 Å². The summed E-state index contributed by atoms with van der Waals surface area (Å²) in [5.74, 6) is 0.373. The number of nitrogens with zero attached hydrogens (tertiary/aromatic N) is 2. The van der Waals surface area contributed by atoms with Gasteiger partial charge in [-0.25, -0.2) is 9.97 Å². The first kappa shape index (κ1) is 15.8. The predicted molar refractivity (Wildman–Crippen MR) is 64.7 cm³/mol. The first-order valence-electron chi connectivity index (χ1n) is 5.93. The van der Waals surface area contributed by atoms with Gasteiger partial charge in [0.2, 0.25) is 0 Å². The van der Waals surface area contributed by atoms with E-state index < -0.39 is 12.8 Å². The van der Waals surface area contributed by atoms with Gasteiger partial charge in [-0.3, -0.25) is 0 Å². The van der Waals surface area contributed by atoms with Crippen molar-refractivity contribution in [1.29, 1.82) is 0 Å².